The summed E-state index contributed by atoms with van der Waals surface area (Å²) in [5.74, 6) is -0.647. The highest BCUT2D eigenvalue weighted by Crippen LogP contribution is 2.35. The van der Waals surface area contributed by atoms with Gasteiger partial charge in [0.05, 0.1) is 10.6 Å². The van der Waals surface area contributed by atoms with Crippen molar-refractivity contribution < 1.29 is 19.4 Å². The Labute approximate surface area is 173 Å². The summed E-state index contributed by atoms with van der Waals surface area (Å²) >= 11 is 1.35. The van der Waals surface area contributed by atoms with Gasteiger partial charge in [-0.15, -0.1) is 0 Å². The number of benzene rings is 2. The van der Waals surface area contributed by atoms with Gasteiger partial charge in [0.15, 0.2) is 11.8 Å². The predicted octanol–water partition coefficient (Wildman–Crippen LogP) is 4.47. The van der Waals surface area contributed by atoms with Crippen molar-refractivity contribution in [1.82, 2.24) is 4.90 Å². The number of ether oxygens (including phenoxy) is 1. The molecule has 1 N–H and O–H groups in total. The summed E-state index contributed by atoms with van der Waals surface area (Å²) in [6.45, 7) is 5.54. The van der Waals surface area contributed by atoms with Gasteiger partial charge in [0.1, 0.15) is 5.75 Å². The van der Waals surface area contributed by atoms with Crippen molar-refractivity contribution in [3.8, 4) is 5.75 Å². The van der Waals surface area contributed by atoms with E-state index in [1.165, 1.54) is 11.8 Å². The molecule has 150 valence electrons. The molecule has 1 amide bonds. The van der Waals surface area contributed by atoms with Crippen LogP contribution in [0.2, 0.25) is 0 Å². The van der Waals surface area contributed by atoms with Crippen LogP contribution >= 0.6 is 11.8 Å². The second-order valence-corrected chi connectivity index (χ2v) is 7.87. The van der Waals surface area contributed by atoms with Crippen LogP contribution in [0, 0.1) is 6.92 Å². The molecule has 1 saturated heterocycles. The van der Waals surface area contributed by atoms with Gasteiger partial charge in [-0.2, -0.15) is 0 Å². The molecular weight excluding hydrogens is 388 g/mol. The topological polar surface area (TPSA) is 79.2 Å². The molecular formula is C22H22N2O4S. The van der Waals surface area contributed by atoms with Crippen LogP contribution in [0.5, 0.6) is 5.75 Å². The minimum Gasteiger partial charge on any atom is -0.482 e. The molecule has 2 aromatic carbocycles. The number of amidine groups is 1. The summed E-state index contributed by atoms with van der Waals surface area (Å²) in [4.78, 5) is 30.4. The highest BCUT2D eigenvalue weighted by molar-refractivity contribution is 8.18. The zero-order valence-electron chi connectivity index (χ0n) is 16.5. The fourth-order valence-corrected chi connectivity index (χ4v) is 3.83. The van der Waals surface area contributed by atoms with E-state index in [2.05, 4.69) is 4.99 Å². The molecule has 0 radical (unpaired) electrons. The fraction of sp³-hybridized carbons (Fsp3) is 0.227. The SMILES string of the molecule is Cc1ccc(N=C2S/C(=C/c3ccc(OCC(=O)O)cc3)C(=O)N2C(C)C)cc1. The lowest BCUT2D eigenvalue weighted by Gasteiger charge is -2.19. The normalized spacial score (nSPS) is 16.8. The maximum absolute atomic E-state index is 12.9. The summed E-state index contributed by atoms with van der Waals surface area (Å²) < 4.78 is 5.13. The van der Waals surface area contributed by atoms with Crippen LogP contribution in [0.3, 0.4) is 0 Å². The van der Waals surface area contributed by atoms with E-state index in [-0.39, 0.29) is 11.9 Å². The molecule has 3 rings (SSSR count). The average Bonchev–Trinajstić information content (AvgIpc) is 2.98. The first kappa shape index (κ1) is 20.7. The number of rotatable bonds is 6. The molecule has 2 aromatic rings. The lowest BCUT2D eigenvalue weighted by atomic mass is 10.2. The number of carbonyl (C=O) groups is 2. The first-order chi connectivity index (χ1) is 13.8. The van der Waals surface area contributed by atoms with Crippen molar-refractivity contribution >= 4 is 40.6 Å². The van der Waals surface area contributed by atoms with Gasteiger partial charge < -0.3 is 9.84 Å². The zero-order chi connectivity index (χ0) is 21.0. The van der Waals surface area contributed by atoms with Gasteiger partial charge in [0.2, 0.25) is 0 Å². The Balaban J connectivity index is 1.83. The van der Waals surface area contributed by atoms with E-state index in [9.17, 15) is 9.59 Å². The molecule has 1 aliphatic heterocycles. The average molecular weight is 410 g/mol. The number of hydrogen-bond acceptors (Lipinski definition) is 5. The minimum absolute atomic E-state index is 0.0168. The summed E-state index contributed by atoms with van der Waals surface area (Å²) in [5, 5.41) is 9.33. The molecule has 29 heavy (non-hydrogen) atoms. The van der Waals surface area contributed by atoms with Crippen LogP contribution in [0.4, 0.5) is 5.69 Å². The van der Waals surface area contributed by atoms with Crippen LogP contribution in [0.1, 0.15) is 25.0 Å². The molecule has 0 unspecified atom stereocenters. The van der Waals surface area contributed by atoms with Gasteiger partial charge in [0.25, 0.3) is 5.91 Å². The van der Waals surface area contributed by atoms with E-state index in [4.69, 9.17) is 9.84 Å². The molecule has 0 aliphatic carbocycles. The lowest BCUT2D eigenvalue weighted by Crippen LogP contribution is -2.35. The largest absolute Gasteiger partial charge is 0.482 e. The number of aryl methyl sites for hydroxylation is 1. The number of hydrogen-bond donors (Lipinski definition) is 1. The maximum Gasteiger partial charge on any atom is 0.341 e. The quantitative estimate of drug-likeness (QED) is 0.711. The molecule has 0 spiro atoms. The molecule has 7 heteroatoms. The fourth-order valence-electron chi connectivity index (χ4n) is 2.71. The van der Waals surface area contributed by atoms with Gasteiger partial charge in [-0.1, -0.05) is 29.8 Å². The van der Waals surface area contributed by atoms with E-state index in [0.717, 1.165) is 16.8 Å². The highest BCUT2D eigenvalue weighted by Gasteiger charge is 2.35. The lowest BCUT2D eigenvalue weighted by molar-refractivity contribution is -0.139. The van der Waals surface area contributed by atoms with Crippen LogP contribution in [-0.4, -0.2) is 39.7 Å². The standard InChI is InChI=1S/C22H22N2O4S/c1-14(2)24-21(27)19(29-22(24)23-17-8-4-15(3)5-9-17)12-16-6-10-18(11-7-16)28-13-20(25)26/h4-12,14H,13H2,1-3H3,(H,25,26)/b19-12+,23-22?. The summed E-state index contributed by atoms with van der Waals surface area (Å²) in [6.07, 6.45) is 1.81. The molecule has 6 nitrogen and oxygen atoms in total. The second kappa shape index (κ2) is 8.96. The minimum atomic E-state index is -1.03. The number of carbonyl (C=O) groups excluding carboxylic acids is 1. The third kappa shape index (κ3) is 5.26. The van der Waals surface area contributed by atoms with Crippen LogP contribution in [-0.2, 0) is 9.59 Å². The smallest absolute Gasteiger partial charge is 0.341 e. The van der Waals surface area contributed by atoms with E-state index in [1.54, 1.807) is 35.2 Å². The molecule has 1 fully saturated rings. The first-order valence-electron chi connectivity index (χ1n) is 9.16. The number of carboxylic acids is 1. The van der Waals surface area contributed by atoms with Gasteiger partial charge >= 0.3 is 5.97 Å². The Bertz CT molecular complexity index is 963. The van der Waals surface area contributed by atoms with Gasteiger partial charge in [0, 0.05) is 6.04 Å². The molecule has 0 bridgehead atoms. The summed E-state index contributed by atoms with van der Waals surface area (Å²) in [5.41, 5.74) is 2.78. The Morgan fingerprint density at radius 2 is 1.83 bits per heavy atom. The number of aliphatic carboxylic acids is 1. The van der Waals surface area contributed by atoms with Crippen LogP contribution in [0.25, 0.3) is 6.08 Å². The summed E-state index contributed by atoms with van der Waals surface area (Å²) in [7, 11) is 0. The van der Waals surface area contributed by atoms with Gasteiger partial charge in [-0.25, -0.2) is 9.79 Å². The number of amides is 1. The summed E-state index contributed by atoms with van der Waals surface area (Å²) in [6, 6.07) is 14.8. The van der Waals surface area contributed by atoms with Crippen molar-refractivity contribution in [3.05, 3.63) is 64.6 Å². The van der Waals surface area contributed by atoms with Gasteiger partial charge in [-0.3, -0.25) is 9.69 Å². The Kier molecular flexibility index (Phi) is 6.39. The van der Waals surface area contributed by atoms with E-state index >= 15 is 0 Å². The molecule has 1 aliphatic rings. The van der Waals surface area contributed by atoms with Crippen molar-refractivity contribution in [2.45, 2.75) is 26.8 Å². The molecule has 1 heterocycles. The second-order valence-electron chi connectivity index (χ2n) is 6.86. The van der Waals surface area contributed by atoms with E-state index in [1.807, 2.05) is 45.0 Å². The first-order valence-corrected chi connectivity index (χ1v) is 9.98. The monoisotopic (exact) mass is 410 g/mol. The number of carboxylic acid groups (broad SMARTS) is 1. The van der Waals surface area contributed by atoms with Crippen molar-refractivity contribution in [3.63, 3.8) is 0 Å². The highest BCUT2D eigenvalue weighted by atomic mass is 32.2. The van der Waals surface area contributed by atoms with Gasteiger partial charge in [-0.05, 0) is 68.4 Å². The Morgan fingerprint density at radius 1 is 1.17 bits per heavy atom. The van der Waals surface area contributed by atoms with Crippen LogP contribution in [0.15, 0.2) is 58.4 Å². The van der Waals surface area contributed by atoms with Crippen molar-refractivity contribution in [2.24, 2.45) is 4.99 Å². The van der Waals surface area contributed by atoms with Crippen molar-refractivity contribution in [2.75, 3.05) is 6.61 Å². The molecule has 0 atom stereocenters. The third-order valence-corrected chi connectivity index (χ3v) is 5.14. The Hall–Kier alpha value is -3.06. The zero-order valence-corrected chi connectivity index (χ0v) is 17.3. The molecule has 0 aromatic heterocycles. The van der Waals surface area contributed by atoms with Crippen LogP contribution < -0.4 is 4.74 Å². The van der Waals surface area contributed by atoms with E-state index < -0.39 is 12.6 Å². The van der Waals surface area contributed by atoms with E-state index in [0.29, 0.717) is 15.8 Å². The van der Waals surface area contributed by atoms with Crippen molar-refractivity contribution in [1.29, 1.82) is 0 Å². The molecule has 0 saturated carbocycles. The third-order valence-electron chi connectivity index (χ3n) is 4.15. The predicted molar refractivity (Wildman–Crippen MR) is 115 cm³/mol. The Morgan fingerprint density at radius 3 is 2.41 bits per heavy atom. The maximum atomic E-state index is 12.9. The number of thioether (sulfide) groups is 1. The number of nitrogens with zero attached hydrogens (tertiary/aromatic N) is 2. The number of aliphatic imine (C=N–C) groups is 1.